The summed E-state index contributed by atoms with van der Waals surface area (Å²) in [4.78, 5) is 0. The molecule has 2 aromatic carbocycles. The number of nitrogens with one attached hydrogen (secondary N) is 1. The van der Waals surface area contributed by atoms with Gasteiger partial charge in [-0.1, -0.05) is 22.0 Å². The summed E-state index contributed by atoms with van der Waals surface area (Å²) >= 11 is 3.32. The number of halogens is 5. The van der Waals surface area contributed by atoms with Crippen molar-refractivity contribution < 1.29 is 17.6 Å². The summed E-state index contributed by atoms with van der Waals surface area (Å²) in [5.41, 5.74) is 0.687. The Hall–Kier alpha value is -1.56. The first kappa shape index (κ1) is 15.8. The van der Waals surface area contributed by atoms with Gasteiger partial charge in [-0.05, 0) is 48.4 Å². The van der Waals surface area contributed by atoms with Crippen LogP contribution in [-0.4, -0.2) is 0 Å². The van der Waals surface area contributed by atoms with Crippen LogP contribution in [0.5, 0.6) is 0 Å². The van der Waals surface area contributed by atoms with Gasteiger partial charge in [0.25, 0.3) is 0 Å². The van der Waals surface area contributed by atoms with Crippen molar-refractivity contribution in [2.75, 3.05) is 5.32 Å². The molecule has 0 spiro atoms. The molecule has 6 heteroatoms. The fraction of sp³-hybridized carbons (Fsp3) is 0.200. The molecule has 0 heterocycles. The van der Waals surface area contributed by atoms with Crippen molar-refractivity contribution in [1.29, 1.82) is 0 Å². The van der Waals surface area contributed by atoms with Crippen LogP contribution in [0.25, 0.3) is 0 Å². The lowest BCUT2D eigenvalue weighted by Crippen LogP contribution is -2.12. The normalized spacial score (nSPS) is 11.5. The van der Waals surface area contributed by atoms with E-state index in [1.165, 1.54) is 0 Å². The summed E-state index contributed by atoms with van der Waals surface area (Å²) in [6, 6.07) is 8.13. The Morgan fingerprint density at radius 1 is 1.10 bits per heavy atom. The highest BCUT2D eigenvalue weighted by atomic mass is 79.9. The summed E-state index contributed by atoms with van der Waals surface area (Å²) in [5, 5.41) is 2.95. The SMILES string of the molecule is Cc1cc(Br)ccc1NCc1ccc(F)cc1C(F)(F)F. The predicted octanol–water partition coefficient (Wildman–Crippen LogP) is 5.53. The molecule has 0 aliphatic heterocycles. The third kappa shape index (κ3) is 3.97. The zero-order chi connectivity index (χ0) is 15.6. The highest BCUT2D eigenvalue weighted by molar-refractivity contribution is 9.10. The zero-order valence-corrected chi connectivity index (χ0v) is 12.6. The van der Waals surface area contributed by atoms with Gasteiger partial charge in [0.1, 0.15) is 5.82 Å². The Bertz CT molecular complexity index is 653. The molecule has 0 amide bonds. The van der Waals surface area contributed by atoms with Crippen molar-refractivity contribution >= 4 is 21.6 Å². The molecule has 0 atom stereocenters. The number of anilines is 1. The highest BCUT2D eigenvalue weighted by Crippen LogP contribution is 2.33. The summed E-state index contributed by atoms with van der Waals surface area (Å²) in [6.07, 6.45) is -4.58. The molecule has 2 aromatic rings. The maximum absolute atomic E-state index is 13.0. The molecule has 1 nitrogen and oxygen atoms in total. The van der Waals surface area contributed by atoms with E-state index >= 15 is 0 Å². The predicted molar refractivity (Wildman–Crippen MR) is 77.6 cm³/mol. The Kier molecular flexibility index (Phi) is 4.56. The van der Waals surface area contributed by atoms with Crippen molar-refractivity contribution in [2.24, 2.45) is 0 Å². The van der Waals surface area contributed by atoms with Gasteiger partial charge in [-0.3, -0.25) is 0 Å². The molecule has 0 aliphatic carbocycles. The molecular weight excluding hydrogens is 350 g/mol. The topological polar surface area (TPSA) is 12.0 Å². The molecule has 0 aliphatic rings. The second-order valence-corrected chi connectivity index (χ2v) is 5.53. The molecule has 0 unspecified atom stereocenters. The van der Waals surface area contributed by atoms with Crippen molar-refractivity contribution in [2.45, 2.75) is 19.6 Å². The Morgan fingerprint density at radius 3 is 2.43 bits per heavy atom. The van der Waals surface area contributed by atoms with E-state index < -0.39 is 17.6 Å². The molecule has 1 N–H and O–H groups in total. The van der Waals surface area contributed by atoms with E-state index in [9.17, 15) is 17.6 Å². The Morgan fingerprint density at radius 2 is 1.81 bits per heavy atom. The van der Waals surface area contributed by atoms with Crippen molar-refractivity contribution in [3.8, 4) is 0 Å². The monoisotopic (exact) mass is 361 g/mol. The van der Waals surface area contributed by atoms with E-state index in [1.54, 1.807) is 12.1 Å². The molecule has 0 saturated carbocycles. The van der Waals surface area contributed by atoms with E-state index in [-0.39, 0.29) is 12.1 Å². The summed E-state index contributed by atoms with van der Waals surface area (Å²) in [5.74, 6) is -0.897. The van der Waals surface area contributed by atoms with Crippen LogP contribution in [0.4, 0.5) is 23.2 Å². The number of benzene rings is 2. The van der Waals surface area contributed by atoms with E-state index in [0.717, 1.165) is 27.9 Å². The van der Waals surface area contributed by atoms with Crippen LogP contribution in [0.1, 0.15) is 16.7 Å². The van der Waals surface area contributed by atoms with Gasteiger partial charge >= 0.3 is 6.18 Å². The quantitative estimate of drug-likeness (QED) is 0.709. The Labute approximate surface area is 128 Å². The van der Waals surface area contributed by atoms with Crippen LogP contribution in [0.15, 0.2) is 40.9 Å². The van der Waals surface area contributed by atoms with Gasteiger partial charge in [-0.15, -0.1) is 0 Å². The van der Waals surface area contributed by atoms with Crippen LogP contribution in [0.3, 0.4) is 0 Å². The lowest BCUT2D eigenvalue weighted by Gasteiger charge is -2.15. The van der Waals surface area contributed by atoms with Gasteiger partial charge in [0, 0.05) is 16.7 Å². The molecule has 21 heavy (non-hydrogen) atoms. The van der Waals surface area contributed by atoms with E-state index in [4.69, 9.17) is 0 Å². The van der Waals surface area contributed by atoms with E-state index in [1.807, 2.05) is 13.0 Å². The minimum Gasteiger partial charge on any atom is -0.381 e. The minimum atomic E-state index is -4.58. The lowest BCUT2D eigenvalue weighted by molar-refractivity contribution is -0.138. The third-order valence-electron chi connectivity index (χ3n) is 3.04. The summed E-state index contributed by atoms with van der Waals surface area (Å²) in [6.45, 7) is 1.82. The molecule has 0 aromatic heterocycles. The van der Waals surface area contributed by atoms with Gasteiger partial charge in [-0.2, -0.15) is 13.2 Å². The van der Waals surface area contributed by atoms with Crippen molar-refractivity contribution in [3.05, 3.63) is 63.4 Å². The van der Waals surface area contributed by atoms with Crippen molar-refractivity contribution in [3.63, 3.8) is 0 Å². The van der Waals surface area contributed by atoms with E-state index in [2.05, 4.69) is 21.2 Å². The average molecular weight is 362 g/mol. The second-order valence-electron chi connectivity index (χ2n) is 4.61. The van der Waals surface area contributed by atoms with Crippen LogP contribution >= 0.6 is 15.9 Å². The van der Waals surface area contributed by atoms with Crippen LogP contribution in [0.2, 0.25) is 0 Å². The number of hydrogen-bond acceptors (Lipinski definition) is 1. The maximum atomic E-state index is 13.0. The first-order chi connectivity index (χ1) is 9.77. The fourth-order valence-corrected chi connectivity index (χ4v) is 2.46. The number of aryl methyl sites for hydroxylation is 1. The number of alkyl halides is 3. The van der Waals surface area contributed by atoms with Gasteiger partial charge in [0.2, 0.25) is 0 Å². The molecule has 0 fully saturated rings. The van der Waals surface area contributed by atoms with Crippen LogP contribution < -0.4 is 5.32 Å². The van der Waals surface area contributed by atoms with Gasteiger partial charge in [0.15, 0.2) is 0 Å². The second kappa shape index (κ2) is 6.05. The first-order valence-electron chi connectivity index (χ1n) is 6.13. The minimum absolute atomic E-state index is 0.00576. The van der Waals surface area contributed by atoms with Crippen molar-refractivity contribution in [1.82, 2.24) is 0 Å². The third-order valence-corrected chi connectivity index (χ3v) is 3.53. The lowest BCUT2D eigenvalue weighted by atomic mass is 10.1. The summed E-state index contributed by atoms with van der Waals surface area (Å²) in [7, 11) is 0. The highest BCUT2D eigenvalue weighted by Gasteiger charge is 2.33. The smallest absolute Gasteiger partial charge is 0.381 e. The van der Waals surface area contributed by atoms with Gasteiger partial charge in [-0.25, -0.2) is 4.39 Å². The maximum Gasteiger partial charge on any atom is 0.416 e. The molecule has 112 valence electrons. The number of rotatable bonds is 3. The fourth-order valence-electron chi connectivity index (χ4n) is 1.98. The largest absolute Gasteiger partial charge is 0.416 e. The molecular formula is C15H12BrF4N. The van der Waals surface area contributed by atoms with Crippen LogP contribution in [-0.2, 0) is 12.7 Å². The van der Waals surface area contributed by atoms with Gasteiger partial charge < -0.3 is 5.32 Å². The summed E-state index contributed by atoms with van der Waals surface area (Å²) < 4.78 is 52.6. The van der Waals surface area contributed by atoms with Gasteiger partial charge in [0.05, 0.1) is 5.56 Å². The van der Waals surface area contributed by atoms with Crippen LogP contribution in [0, 0.1) is 12.7 Å². The number of hydrogen-bond donors (Lipinski definition) is 1. The molecule has 0 saturated heterocycles. The standard InChI is InChI=1S/C15H12BrF4N/c1-9-6-11(16)3-5-14(9)21-8-10-2-4-12(17)7-13(10)15(18,19)20/h2-7,21H,8H2,1H3. The molecule has 0 radical (unpaired) electrons. The van der Waals surface area contributed by atoms with E-state index in [0.29, 0.717) is 6.07 Å². The Balaban J connectivity index is 2.24. The zero-order valence-electron chi connectivity index (χ0n) is 11.1. The first-order valence-corrected chi connectivity index (χ1v) is 6.92. The average Bonchev–Trinajstić information content (AvgIpc) is 2.38. The molecule has 0 bridgehead atoms. The molecule has 2 rings (SSSR count).